The lowest BCUT2D eigenvalue weighted by Gasteiger charge is -2.28. The van der Waals surface area contributed by atoms with Gasteiger partial charge in [-0.2, -0.15) is 4.98 Å². The quantitative estimate of drug-likeness (QED) is 0.848. The summed E-state index contributed by atoms with van der Waals surface area (Å²) in [5, 5.41) is 9.70. The van der Waals surface area contributed by atoms with Crippen molar-refractivity contribution in [1.29, 1.82) is 0 Å². The summed E-state index contributed by atoms with van der Waals surface area (Å²) in [7, 11) is 0. The molecule has 0 radical (unpaired) electrons. The Bertz CT molecular complexity index is 509. The van der Waals surface area contributed by atoms with Gasteiger partial charge in [0.05, 0.1) is 6.10 Å². The third-order valence-electron chi connectivity index (χ3n) is 4.35. The maximum Gasteiger partial charge on any atom is 0.315 e. The van der Waals surface area contributed by atoms with Crippen molar-refractivity contribution in [3.05, 3.63) is 11.7 Å². The standard InChI is InChI=1S/C15H24N4O4/c1-10-17-14(23-19-10)13(11-4-7-21-8-5-11)18-15(20)16-9-12-3-2-6-22-12/h11-13H,2-9H2,1H3,(H2,16,18,20)/t12-,13+/m1/s1. The van der Waals surface area contributed by atoms with Gasteiger partial charge in [0.25, 0.3) is 0 Å². The van der Waals surface area contributed by atoms with Crippen LogP contribution in [0.4, 0.5) is 4.79 Å². The minimum absolute atomic E-state index is 0.118. The summed E-state index contributed by atoms with van der Waals surface area (Å²) >= 11 is 0. The van der Waals surface area contributed by atoms with E-state index in [-0.39, 0.29) is 24.1 Å². The number of ether oxygens (including phenoxy) is 2. The number of amides is 2. The highest BCUT2D eigenvalue weighted by atomic mass is 16.5. The van der Waals surface area contributed by atoms with Crippen LogP contribution in [0.15, 0.2) is 4.52 Å². The maximum absolute atomic E-state index is 12.2. The minimum atomic E-state index is -0.287. The Balaban J connectivity index is 1.59. The van der Waals surface area contributed by atoms with Crippen LogP contribution >= 0.6 is 0 Å². The average molecular weight is 324 g/mol. The Morgan fingerprint density at radius 2 is 2.13 bits per heavy atom. The summed E-state index contributed by atoms with van der Waals surface area (Å²) < 4.78 is 16.2. The van der Waals surface area contributed by atoms with Crippen LogP contribution in [0.5, 0.6) is 0 Å². The van der Waals surface area contributed by atoms with E-state index < -0.39 is 0 Å². The van der Waals surface area contributed by atoms with E-state index in [1.807, 2.05) is 0 Å². The summed E-state index contributed by atoms with van der Waals surface area (Å²) in [6.45, 7) is 4.45. The number of nitrogens with one attached hydrogen (secondary N) is 2. The molecule has 8 heteroatoms. The largest absolute Gasteiger partial charge is 0.381 e. The molecule has 2 aliphatic rings. The normalized spacial score (nSPS) is 23.6. The number of aryl methyl sites for hydroxylation is 1. The molecule has 3 heterocycles. The monoisotopic (exact) mass is 324 g/mol. The summed E-state index contributed by atoms with van der Waals surface area (Å²) in [6, 6.07) is -0.516. The lowest BCUT2D eigenvalue weighted by molar-refractivity contribution is 0.0501. The van der Waals surface area contributed by atoms with Gasteiger partial charge < -0.3 is 24.6 Å². The fourth-order valence-corrected chi connectivity index (χ4v) is 3.07. The Hall–Kier alpha value is -1.67. The highest BCUT2D eigenvalue weighted by Gasteiger charge is 2.31. The van der Waals surface area contributed by atoms with Crippen LogP contribution < -0.4 is 10.6 Å². The molecule has 2 aliphatic heterocycles. The molecule has 2 saturated heterocycles. The van der Waals surface area contributed by atoms with Crippen LogP contribution in [0.25, 0.3) is 0 Å². The van der Waals surface area contributed by atoms with Crippen molar-refractivity contribution in [2.75, 3.05) is 26.4 Å². The van der Waals surface area contributed by atoms with Crippen molar-refractivity contribution in [1.82, 2.24) is 20.8 Å². The van der Waals surface area contributed by atoms with Crippen molar-refractivity contribution in [3.63, 3.8) is 0 Å². The molecule has 0 saturated carbocycles. The first-order chi connectivity index (χ1) is 11.2. The molecule has 0 spiro atoms. The Morgan fingerprint density at radius 1 is 1.30 bits per heavy atom. The van der Waals surface area contributed by atoms with E-state index in [1.165, 1.54) is 0 Å². The fourth-order valence-electron chi connectivity index (χ4n) is 3.07. The molecule has 1 aromatic heterocycles. The molecule has 3 rings (SSSR count). The van der Waals surface area contributed by atoms with Crippen LogP contribution in [0.3, 0.4) is 0 Å². The first kappa shape index (κ1) is 16.2. The van der Waals surface area contributed by atoms with E-state index >= 15 is 0 Å². The maximum atomic E-state index is 12.2. The molecule has 0 aliphatic carbocycles. The van der Waals surface area contributed by atoms with Crippen LogP contribution in [0, 0.1) is 12.8 Å². The summed E-state index contributed by atoms with van der Waals surface area (Å²) in [5.41, 5.74) is 0. The highest BCUT2D eigenvalue weighted by Crippen LogP contribution is 2.29. The van der Waals surface area contributed by atoms with Gasteiger partial charge in [0.15, 0.2) is 5.82 Å². The Morgan fingerprint density at radius 3 is 2.78 bits per heavy atom. The van der Waals surface area contributed by atoms with Gasteiger partial charge in [-0.25, -0.2) is 4.79 Å². The lowest BCUT2D eigenvalue weighted by atomic mass is 9.91. The molecule has 8 nitrogen and oxygen atoms in total. The van der Waals surface area contributed by atoms with Crippen LogP contribution in [-0.4, -0.2) is 48.6 Å². The summed E-state index contributed by atoms with van der Waals surface area (Å²) in [6.07, 6.45) is 3.88. The minimum Gasteiger partial charge on any atom is -0.381 e. The van der Waals surface area contributed by atoms with Gasteiger partial charge in [0.1, 0.15) is 6.04 Å². The molecule has 0 aromatic carbocycles. The Labute approximate surface area is 135 Å². The second-order valence-corrected chi connectivity index (χ2v) is 6.10. The molecule has 2 fully saturated rings. The molecule has 2 atom stereocenters. The molecular weight excluding hydrogens is 300 g/mol. The molecule has 2 N–H and O–H groups in total. The number of hydrogen-bond donors (Lipinski definition) is 2. The van der Waals surface area contributed by atoms with Crippen molar-refractivity contribution in [2.45, 2.75) is 44.8 Å². The zero-order chi connectivity index (χ0) is 16.1. The van der Waals surface area contributed by atoms with Crippen molar-refractivity contribution in [2.24, 2.45) is 5.92 Å². The smallest absolute Gasteiger partial charge is 0.315 e. The molecular formula is C15H24N4O4. The van der Waals surface area contributed by atoms with Gasteiger partial charge in [0, 0.05) is 26.4 Å². The number of hydrogen-bond acceptors (Lipinski definition) is 6. The van der Waals surface area contributed by atoms with Gasteiger partial charge in [-0.05, 0) is 38.5 Å². The first-order valence-corrected chi connectivity index (χ1v) is 8.26. The molecule has 23 heavy (non-hydrogen) atoms. The average Bonchev–Trinajstić information content (AvgIpc) is 3.23. The number of rotatable bonds is 5. The van der Waals surface area contributed by atoms with E-state index in [0.717, 1.165) is 32.3 Å². The van der Waals surface area contributed by atoms with Crippen molar-refractivity contribution in [3.8, 4) is 0 Å². The van der Waals surface area contributed by atoms with Crippen LogP contribution in [0.1, 0.15) is 43.4 Å². The first-order valence-electron chi connectivity index (χ1n) is 8.26. The van der Waals surface area contributed by atoms with Crippen LogP contribution in [-0.2, 0) is 9.47 Å². The van der Waals surface area contributed by atoms with Gasteiger partial charge in [0.2, 0.25) is 5.89 Å². The molecule has 0 unspecified atom stereocenters. The van der Waals surface area contributed by atoms with Crippen molar-refractivity contribution < 1.29 is 18.8 Å². The SMILES string of the molecule is Cc1noc([C@@H](NC(=O)NC[C@H]2CCCO2)C2CCOCC2)n1. The topological polar surface area (TPSA) is 98.5 Å². The summed E-state index contributed by atoms with van der Waals surface area (Å²) in [5.74, 6) is 1.26. The van der Waals surface area contributed by atoms with Crippen molar-refractivity contribution >= 4 is 6.03 Å². The van der Waals surface area contributed by atoms with E-state index in [1.54, 1.807) is 6.92 Å². The molecule has 2 amide bonds. The zero-order valence-electron chi connectivity index (χ0n) is 13.4. The Kier molecular flexibility index (Phi) is 5.45. The number of carbonyl (C=O) groups excluding carboxylic acids is 1. The summed E-state index contributed by atoms with van der Waals surface area (Å²) in [4.78, 5) is 16.5. The third kappa shape index (κ3) is 4.42. The second-order valence-electron chi connectivity index (χ2n) is 6.10. The zero-order valence-corrected chi connectivity index (χ0v) is 13.4. The molecule has 1 aromatic rings. The predicted molar refractivity (Wildman–Crippen MR) is 80.8 cm³/mol. The number of nitrogens with zero attached hydrogens (tertiary/aromatic N) is 2. The van der Waals surface area contributed by atoms with Gasteiger partial charge in [-0.3, -0.25) is 0 Å². The number of aromatic nitrogens is 2. The molecule has 128 valence electrons. The van der Waals surface area contributed by atoms with Crippen LogP contribution in [0.2, 0.25) is 0 Å². The van der Waals surface area contributed by atoms with Gasteiger partial charge >= 0.3 is 6.03 Å². The highest BCUT2D eigenvalue weighted by molar-refractivity contribution is 5.74. The van der Waals surface area contributed by atoms with Gasteiger partial charge in [-0.15, -0.1) is 0 Å². The van der Waals surface area contributed by atoms with E-state index in [2.05, 4.69) is 20.8 Å². The lowest BCUT2D eigenvalue weighted by Crippen LogP contribution is -2.44. The fraction of sp³-hybridized carbons (Fsp3) is 0.800. The molecule has 0 bridgehead atoms. The van der Waals surface area contributed by atoms with Gasteiger partial charge in [-0.1, -0.05) is 5.16 Å². The predicted octanol–water partition coefficient (Wildman–Crippen LogP) is 1.32. The third-order valence-corrected chi connectivity index (χ3v) is 4.35. The van der Waals surface area contributed by atoms with E-state index in [9.17, 15) is 4.79 Å². The van der Waals surface area contributed by atoms with E-state index in [0.29, 0.717) is 31.5 Å². The second kappa shape index (κ2) is 7.74. The number of carbonyl (C=O) groups is 1. The van der Waals surface area contributed by atoms with E-state index in [4.69, 9.17) is 14.0 Å². The number of urea groups is 1.